The van der Waals surface area contributed by atoms with Crippen LogP contribution in [0.3, 0.4) is 0 Å². The van der Waals surface area contributed by atoms with Gasteiger partial charge >= 0.3 is 5.69 Å². The first-order chi connectivity index (χ1) is 31.2. The molecule has 1 atom stereocenters. The van der Waals surface area contributed by atoms with Crippen molar-refractivity contribution in [2.45, 2.75) is 102 Å². The molecule has 15 nitrogen and oxygen atoms in total. The summed E-state index contributed by atoms with van der Waals surface area (Å²) in [5.41, 5.74) is 4.30. The Labute approximate surface area is 380 Å². The van der Waals surface area contributed by atoms with Crippen molar-refractivity contribution in [1.82, 2.24) is 24.6 Å². The van der Waals surface area contributed by atoms with Gasteiger partial charge in [0, 0.05) is 61.6 Å². The first kappa shape index (κ1) is 44.6. The maximum atomic E-state index is 14.0. The second-order valence-corrected chi connectivity index (χ2v) is 21.4. The molecule has 4 fully saturated rings. The smallest absolute Gasteiger partial charge is 0.312 e. The molecular weight excluding hydrogens is 845 g/mol. The predicted octanol–water partition coefficient (Wildman–Crippen LogP) is 9.35. The van der Waals surface area contributed by atoms with Gasteiger partial charge < -0.3 is 24.7 Å². The molecule has 9 rings (SSSR count). The second-order valence-electron chi connectivity index (χ2n) is 19.7. The lowest BCUT2D eigenvalue weighted by atomic mass is 9.59. The van der Waals surface area contributed by atoms with Gasteiger partial charge in [0.1, 0.15) is 22.0 Å². The molecule has 2 saturated heterocycles. The van der Waals surface area contributed by atoms with Crippen LogP contribution in [0.5, 0.6) is 11.5 Å². The number of nitrogens with zero attached hydrogens (tertiary/aromatic N) is 5. The minimum Gasteiger partial charge on any atom is -0.455 e. The third-order valence-electron chi connectivity index (χ3n) is 14.5. The molecule has 344 valence electrons. The number of nitro groups is 1. The highest BCUT2D eigenvalue weighted by Gasteiger charge is 2.49. The summed E-state index contributed by atoms with van der Waals surface area (Å²) in [4.78, 5) is 41.6. The zero-order chi connectivity index (χ0) is 45.5. The SMILES string of the molecule is CC(C)c1ccccc1[C@H]1COCCN1C1CC2(CCN(c3ccc(C(=O)NS(=O)(=O)c4cnc(NCC5CCC(C)(C)CC5)c([N+](=O)[O-])c4)c(Oc4cnc5[nH]ccc5c4)c3)CC2)C1. The zero-order valence-electron chi connectivity index (χ0n) is 37.7. The number of carbonyl (C=O) groups is 1. The van der Waals surface area contributed by atoms with Gasteiger partial charge in [0.2, 0.25) is 5.82 Å². The number of piperidine rings is 1. The number of nitrogens with one attached hydrogen (secondary N) is 3. The Kier molecular flexibility index (Phi) is 12.4. The van der Waals surface area contributed by atoms with Crippen molar-refractivity contribution in [2.75, 3.05) is 49.6 Å². The summed E-state index contributed by atoms with van der Waals surface area (Å²) in [5.74, 6) is 0.298. The van der Waals surface area contributed by atoms with Crippen LogP contribution in [-0.2, 0) is 14.8 Å². The van der Waals surface area contributed by atoms with Gasteiger partial charge in [0.05, 0.1) is 42.1 Å². The van der Waals surface area contributed by atoms with Gasteiger partial charge in [-0.15, -0.1) is 0 Å². The average Bonchev–Trinajstić information content (AvgIpc) is 3.76. The number of benzene rings is 2. The molecule has 2 saturated carbocycles. The molecule has 0 unspecified atom stereocenters. The molecule has 3 N–H and O–H groups in total. The first-order valence-corrected chi connectivity index (χ1v) is 24.5. The number of aromatic amines is 1. The number of hydrogen-bond donors (Lipinski definition) is 3. The lowest BCUT2D eigenvalue weighted by Crippen LogP contribution is -2.58. The normalized spacial score (nSPS) is 20.4. The van der Waals surface area contributed by atoms with Gasteiger partial charge in [-0.3, -0.25) is 19.8 Å². The van der Waals surface area contributed by atoms with Crippen LogP contribution in [0.4, 0.5) is 17.2 Å². The maximum Gasteiger partial charge on any atom is 0.312 e. The van der Waals surface area contributed by atoms with Gasteiger partial charge in [0.15, 0.2) is 0 Å². The predicted molar refractivity (Wildman–Crippen MR) is 250 cm³/mol. The second kappa shape index (κ2) is 18.0. The van der Waals surface area contributed by atoms with Crippen molar-refractivity contribution in [2.24, 2.45) is 16.7 Å². The number of anilines is 2. The number of ether oxygens (including phenoxy) is 2. The van der Waals surface area contributed by atoms with Gasteiger partial charge in [-0.25, -0.2) is 23.1 Å². The van der Waals surface area contributed by atoms with Crippen LogP contribution >= 0.6 is 0 Å². The van der Waals surface area contributed by atoms with Crippen LogP contribution in [0.2, 0.25) is 0 Å². The molecular formula is C49H60N8O7S. The van der Waals surface area contributed by atoms with Crippen LogP contribution in [0.25, 0.3) is 11.0 Å². The summed E-state index contributed by atoms with van der Waals surface area (Å²) in [6.07, 6.45) is 12.8. The Morgan fingerprint density at radius 1 is 1.00 bits per heavy atom. The summed E-state index contributed by atoms with van der Waals surface area (Å²) >= 11 is 0. The zero-order valence-corrected chi connectivity index (χ0v) is 38.5. The molecule has 1 spiro atoms. The molecule has 5 aromatic rings. The highest BCUT2D eigenvalue weighted by atomic mass is 32.2. The fraction of sp³-hybridized carbons (Fsp3) is 0.490. The van der Waals surface area contributed by atoms with Crippen LogP contribution < -0.4 is 19.7 Å². The number of amides is 1. The van der Waals surface area contributed by atoms with Crippen molar-refractivity contribution in [3.63, 3.8) is 0 Å². The van der Waals surface area contributed by atoms with Gasteiger partial charge in [-0.2, -0.15) is 0 Å². The Hall–Kier alpha value is -5.58. The molecule has 16 heteroatoms. The van der Waals surface area contributed by atoms with E-state index in [1.54, 1.807) is 24.4 Å². The maximum absolute atomic E-state index is 14.0. The highest BCUT2D eigenvalue weighted by molar-refractivity contribution is 7.90. The number of sulfonamides is 1. The van der Waals surface area contributed by atoms with E-state index in [1.165, 1.54) is 17.3 Å². The Bertz CT molecular complexity index is 2660. The van der Waals surface area contributed by atoms with Gasteiger partial charge in [-0.05, 0) is 109 Å². The number of hydrogen-bond acceptors (Lipinski definition) is 12. The van der Waals surface area contributed by atoms with Crippen LogP contribution in [0.15, 0.2) is 84.1 Å². The molecule has 1 amide bonds. The fourth-order valence-corrected chi connectivity index (χ4v) is 11.5. The van der Waals surface area contributed by atoms with Crippen molar-refractivity contribution < 1.29 is 27.6 Å². The number of morpholine rings is 1. The van der Waals surface area contributed by atoms with Crippen molar-refractivity contribution in [3.05, 3.63) is 106 Å². The van der Waals surface area contributed by atoms with E-state index in [0.717, 1.165) is 101 Å². The monoisotopic (exact) mass is 904 g/mol. The lowest BCUT2D eigenvalue weighted by molar-refractivity contribution is -0.384. The van der Waals surface area contributed by atoms with Crippen LogP contribution in [0.1, 0.15) is 113 Å². The number of rotatable bonds is 13. The van der Waals surface area contributed by atoms with Crippen molar-refractivity contribution >= 4 is 44.2 Å². The third kappa shape index (κ3) is 9.57. The fourth-order valence-electron chi connectivity index (χ4n) is 10.6. The van der Waals surface area contributed by atoms with Crippen LogP contribution in [-0.4, -0.2) is 84.5 Å². The molecule has 5 heterocycles. The van der Waals surface area contributed by atoms with E-state index < -0.39 is 31.4 Å². The van der Waals surface area contributed by atoms with E-state index in [2.05, 4.69) is 86.8 Å². The lowest BCUT2D eigenvalue weighted by Gasteiger charge is -2.57. The van der Waals surface area contributed by atoms with E-state index in [1.807, 2.05) is 12.1 Å². The summed E-state index contributed by atoms with van der Waals surface area (Å²) in [5, 5.41) is 16.0. The molecule has 3 aromatic heterocycles. The summed E-state index contributed by atoms with van der Waals surface area (Å²) in [6.45, 7) is 13.5. The van der Waals surface area contributed by atoms with E-state index in [0.29, 0.717) is 42.4 Å². The number of aromatic nitrogens is 3. The quantitative estimate of drug-likeness (QED) is 0.0753. The standard InChI is InChI=1S/C49H60N8O7S/c1-32(2)39-7-5-6-8-40(39)43-31-63-22-21-56(43)36-26-49(27-36)16-19-55(20-17-49)35-9-10-41(44(24-35)64-37-23-34-13-18-50-45(34)52-29-37)47(58)54-65(61,62)38-25-42(57(59)60)46(53-30-38)51-28-33-11-14-48(3,4)15-12-33/h5-10,13,18,23-25,29-30,32-33,36,43H,11-12,14-17,19-22,26-28,31H2,1-4H3,(H,50,52)(H,51,53)(H,54,58)/t43-/m1/s1. The van der Waals surface area contributed by atoms with E-state index in [9.17, 15) is 23.3 Å². The molecule has 4 aliphatic rings. The van der Waals surface area contributed by atoms with Crippen molar-refractivity contribution in [1.29, 1.82) is 0 Å². The molecule has 0 radical (unpaired) electrons. The molecule has 2 aliphatic carbocycles. The molecule has 65 heavy (non-hydrogen) atoms. The summed E-state index contributed by atoms with van der Waals surface area (Å²) < 4.78 is 42.0. The third-order valence-corrected chi connectivity index (χ3v) is 15.8. The number of H-pyrrole nitrogens is 1. The largest absolute Gasteiger partial charge is 0.455 e. The van der Waals surface area contributed by atoms with Gasteiger partial charge in [0.25, 0.3) is 15.9 Å². The number of carbonyl (C=O) groups excluding carboxylic acids is 1. The van der Waals surface area contributed by atoms with Gasteiger partial charge in [-0.1, -0.05) is 52.0 Å². The Morgan fingerprint density at radius 2 is 1.77 bits per heavy atom. The topological polar surface area (TPSA) is 185 Å². The molecule has 0 bridgehead atoms. The summed E-state index contributed by atoms with van der Waals surface area (Å²) in [6, 6.07) is 19.3. The molecule has 2 aromatic carbocycles. The summed E-state index contributed by atoms with van der Waals surface area (Å²) in [7, 11) is -4.61. The average molecular weight is 905 g/mol. The molecule has 2 aliphatic heterocycles. The first-order valence-electron chi connectivity index (χ1n) is 23.0. The number of fused-ring (bicyclic) bond motifs is 1. The highest BCUT2D eigenvalue weighted by Crippen LogP contribution is 2.53. The Balaban J connectivity index is 0.898. The minimum atomic E-state index is -4.61. The van der Waals surface area contributed by atoms with Crippen LogP contribution in [0, 0.1) is 26.9 Å². The van der Waals surface area contributed by atoms with E-state index in [-0.39, 0.29) is 34.0 Å². The van der Waals surface area contributed by atoms with Crippen molar-refractivity contribution in [3.8, 4) is 11.5 Å². The Morgan fingerprint density at radius 3 is 2.52 bits per heavy atom. The van der Waals surface area contributed by atoms with E-state index >= 15 is 0 Å². The minimum absolute atomic E-state index is 0.0147. The van der Waals surface area contributed by atoms with E-state index in [4.69, 9.17) is 9.47 Å². The number of pyridine rings is 2.